The predicted octanol–water partition coefficient (Wildman–Crippen LogP) is 8.86. The molecule has 32 heavy (non-hydrogen) atoms. The smallest absolute Gasteiger partial charge is 0.303 e. The van der Waals surface area contributed by atoms with Gasteiger partial charge in [-0.3, -0.25) is 4.79 Å². The summed E-state index contributed by atoms with van der Waals surface area (Å²) in [4.78, 5) is 11.0. The Kier molecular flexibility index (Phi) is 11.8. The van der Waals surface area contributed by atoms with Crippen LogP contribution in [-0.4, -0.2) is 16.2 Å². The van der Waals surface area contributed by atoms with Crippen molar-refractivity contribution in [2.75, 3.05) is 0 Å². The number of aliphatic carboxylic acids is 1. The van der Waals surface area contributed by atoms with Crippen LogP contribution < -0.4 is 0 Å². The Balaban J connectivity index is 3.07. The van der Waals surface area contributed by atoms with Gasteiger partial charge < -0.3 is 10.2 Å². The van der Waals surface area contributed by atoms with Crippen LogP contribution in [0.2, 0.25) is 0 Å². The highest BCUT2D eigenvalue weighted by atomic mass is 16.4. The van der Waals surface area contributed by atoms with Crippen molar-refractivity contribution in [3.63, 3.8) is 0 Å². The number of carboxylic acids is 1. The van der Waals surface area contributed by atoms with Crippen LogP contribution in [0.4, 0.5) is 0 Å². The van der Waals surface area contributed by atoms with Crippen molar-refractivity contribution in [2.24, 2.45) is 0 Å². The Hall–Kier alpha value is -1.51. The third kappa shape index (κ3) is 9.96. The Bertz CT molecular complexity index is 656. The first-order chi connectivity index (χ1) is 14.9. The molecule has 1 atom stereocenters. The molecule has 0 bridgehead atoms. The lowest BCUT2D eigenvalue weighted by atomic mass is 9.76. The van der Waals surface area contributed by atoms with Crippen molar-refractivity contribution in [1.29, 1.82) is 0 Å². The van der Waals surface area contributed by atoms with Gasteiger partial charge in [-0.05, 0) is 52.7 Å². The van der Waals surface area contributed by atoms with Gasteiger partial charge in [0, 0.05) is 6.42 Å². The molecular formula is C29H50O3. The molecule has 1 unspecified atom stereocenters. The second kappa shape index (κ2) is 13.3. The van der Waals surface area contributed by atoms with Crippen LogP contribution in [0.3, 0.4) is 0 Å². The third-order valence-corrected chi connectivity index (χ3v) is 6.57. The minimum Gasteiger partial charge on any atom is -0.507 e. The van der Waals surface area contributed by atoms with Crippen LogP contribution in [0.25, 0.3) is 0 Å². The van der Waals surface area contributed by atoms with Crippen molar-refractivity contribution in [1.82, 2.24) is 0 Å². The van der Waals surface area contributed by atoms with Gasteiger partial charge in [-0.1, -0.05) is 112 Å². The zero-order valence-electron chi connectivity index (χ0n) is 22.0. The van der Waals surface area contributed by atoms with Gasteiger partial charge >= 0.3 is 5.97 Å². The van der Waals surface area contributed by atoms with E-state index in [4.69, 9.17) is 5.11 Å². The van der Waals surface area contributed by atoms with Crippen LogP contribution >= 0.6 is 0 Å². The molecule has 1 aromatic rings. The van der Waals surface area contributed by atoms with E-state index < -0.39 is 5.97 Å². The summed E-state index contributed by atoms with van der Waals surface area (Å²) in [6, 6.07) is 4.46. The zero-order valence-corrected chi connectivity index (χ0v) is 22.0. The SMILES string of the molecule is CCCCCCCCCC(CCCCC(=O)O)c1cc(C(C)(C)C)c(O)c(C(C)(C)C)c1. The number of carbonyl (C=O) groups is 1. The molecule has 1 aromatic carbocycles. The maximum absolute atomic E-state index is 11.1. The van der Waals surface area contributed by atoms with Crippen LogP contribution in [0.1, 0.15) is 148 Å². The van der Waals surface area contributed by atoms with Gasteiger partial charge in [0.1, 0.15) is 5.75 Å². The number of unbranched alkanes of at least 4 members (excludes halogenated alkanes) is 7. The standard InChI is InChI=1S/C29H50O3/c1-8-9-10-11-12-13-14-17-22(18-15-16-19-26(30)31)23-20-24(28(2,3)4)27(32)25(21-23)29(5,6)7/h20-22,32H,8-19H2,1-7H3,(H,30,31). The van der Waals surface area contributed by atoms with E-state index in [1.807, 2.05) is 0 Å². The summed E-state index contributed by atoms with van der Waals surface area (Å²) in [6.07, 6.45) is 13.2. The first-order valence-electron chi connectivity index (χ1n) is 13.0. The Morgan fingerprint density at radius 3 is 1.66 bits per heavy atom. The number of hydrogen-bond donors (Lipinski definition) is 2. The summed E-state index contributed by atoms with van der Waals surface area (Å²) < 4.78 is 0. The maximum atomic E-state index is 11.1. The van der Waals surface area contributed by atoms with E-state index in [1.54, 1.807) is 0 Å². The van der Waals surface area contributed by atoms with Crippen LogP contribution in [0.5, 0.6) is 5.75 Å². The fraction of sp³-hybridized carbons (Fsp3) is 0.759. The summed E-state index contributed by atoms with van der Waals surface area (Å²) in [6.45, 7) is 15.2. The summed E-state index contributed by atoms with van der Waals surface area (Å²) in [5, 5.41) is 20.1. The van der Waals surface area contributed by atoms with Crippen LogP contribution in [-0.2, 0) is 15.6 Å². The number of rotatable bonds is 14. The van der Waals surface area contributed by atoms with Crippen molar-refractivity contribution < 1.29 is 15.0 Å². The highest BCUT2D eigenvalue weighted by Crippen LogP contribution is 2.42. The largest absolute Gasteiger partial charge is 0.507 e. The Morgan fingerprint density at radius 1 is 0.781 bits per heavy atom. The fourth-order valence-corrected chi connectivity index (χ4v) is 4.53. The van der Waals surface area contributed by atoms with E-state index in [0.29, 0.717) is 11.7 Å². The molecule has 0 aromatic heterocycles. The average Bonchev–Trinajstić information content (AvgIpc) is 2.67. The summed E-state index contributed by atoms with van der Waals surface area (Å²) in [7, 11) is 0. The lowest BCUT2D eigenvalue weighted by Gasteiger charge is -2.30. The van der Waals surface area contributed by atoms with E-state index in [2.05, 4.69) is 60.6 Å². The molecular weight excluding hydrogens is 396 g/mol. The Morgan fingerprint density at radius 2 is 1.22 bits per heavy atom. The molecule has 184 valence electrons. The van der Waals surface area contributed by atoms with Crippen LogP contribution in [0.15, 0.2) is 12.1 Å². The third-order valence-electron chi connectivity index (χ3n) is 6.57. The number of carboxylic acid groups (broad SMARTS) is 1. The lowest BCUT2D eigenvalue weighted by Crippen LogP contribution is -2.18. The summed E-state index contributed by atoms with van der Waals surface area (Å²) in [5.41, 5.74) is 3.10. The van der Waals surface area contributed by atoms with Gasteiger partial charge in [-0.15, -0.1) is 0 Å². The van der Waals surface area contributed by atoms with E-state index in [0.717, 1.165) is 36.8 Å². The molecule has 3 heteroatoms. The monoisotopic (exact) mass is 446 g/mol. The van der Waals surface area contributed by atoms with Gasteiger partial charge in [0.2, 0.25) is 0 Å². The fourth-order valence-electron chi connectivity index (χ4n) is 4.53. The van der Waals surface area contributed by atoms with E-state index in [1.165, 1.54) is 50.5 Å². The molecule has 0 saturated carbocycles. The van der Waals surface area contributed by atoms with Crippen molar-refractivity contribution >= 4 is 5.97 Å². The molecule has 0 aliphatic carbocycles. The van der Waals surface area contributed by atoms with E-state index >= 15 is 0 Å². The molecule has 0 fully saturated rings. The number of phenols is 1. The van der Waals surface area contributed by atoms with Crippen molar-refractivity contribution in [3.05, 3.63) is 28.8 Å². The average molecular weight is 447 g/mol. The van der Waals surface area contributed by atoms with E-state index in [-0.39, 0.29) is 17.3 Å². The predicted molar refractivity (Wildman–Crippen MR) is 137 cm³/mol. The number of benzene rings is 1. The molecule has 3 nitrogen and oxygen atoms in total. The number of hydrogen-bond acceptors (Lipinski definition) is 2. The molecule has 0 aliphatic heterocycles. The highest BCUT2D eigenvalue weighted by Gasteiger charge is 2.28. The van der Waals surface area contributed by atoms with Gasteiger partial charge in [0.15, 0.2) is 0 Å². The lowest BCUT2D eigenvalue weighted by molar-refractivity contribution is -0.137. The Labute approximate surface area is 198 Å². The topological polar surface area (TPSA) is 57.5 Å². The quantitative estimate of drug-likeness (QED) is 0.281. The molecule has 0 heterocycles. The minimum atomic E-state index is -0.705. The first-order valence-corrected chi connectivity index (χ1v) is 13.0. The van der Waals surface area contributed by atoms with Gasteiger partial charge in [0.05, 0.1) is 0 Å². The van der Waals surface area contributed by atoms with Gasteiger partial charge in [0.25, 0.3) is 0 Å². The summed E-state index contributed by atoms with van der Waals surface area (Å²) >= 11 is 0. The molecule has 2 N–H and O–H groups in total. The second-order valence-electron chi connectivity index (χ2n) is 11.7. The molecule has 0 aliphatic rings. The molecule has 1 rings (SSSR count). The molecule has 0 amide bonds. The maximum Gasteiger partial charge on any atom is 0.303 e. The first kappa shape index (κ1) is 28.5. The minimum absolute atomic E-state index is 0.132. The molecule has 0 spiro atoms. The second-order valence-corrected chi connectivity index (χ2v) is 11.7. The molecule has 0 radical (unpaired) electrons. The summed E-state index contributed by atoms with van der Waals surface area (Å²) in [5.74, 6) is 0.153. The number of aromatic hydroxyl groups is 1. The number of phenolic OH excluding ortho intramolecular Hbond substituents is 1. The van der Waals surface area contributed by atoms with E-state index in [9.17, 15) is 9.90 Å². The zero-order chi connectivity index (χ0) is 24.4. The van der Waals surface area contributed by atoms with Crippen molar-refractivity contribution in [2.45, 2.75) is 142 Å². The normalized spacial score (nSPS) is 13.3. The highest BCUT2D eigenvalue weighted by molar-refractivity contribution is 5.66. The van der Waals surface area contributed by atoms with Crippen LogP contribution in [0, 0.1) is 0 Å². The molecule has 0 saturated heterocycles. The van der Waals surface area contributed by atoms with Gasteiger partial charge in [-0.25, -0.2) is 0 Å². The van der Waals surface area contributed by atoms with Crippen molar-refractivity contribution in [3.8, 4) is 5.75 Å². The van der Waals surface area contributed by atoms with Gasteiger partial charge in [-0.2, -0.15) is 0 Å².